The van der Waals surface area contributed by atoms with Crippen LogP contribution in [0.15, 0.2) is 29.2 Å². The average Bonchev–Trinajstić information content (AvgIpc) is 2.45. The fourth-order valence-corrected chi connectivity index (χ4v) is 3.09. The van der Waals surface area contributed by atoms with Gasteiger partial charge in [0.25, 0.3) is 0 Å². The van der Waals surface area contributed by atoms with Crippen LogP contribution in [0.25, 0.3) is 0 Å². The summed E-state index contributed by atoms with van der Waals surface area (Å²) in [5, 5.41) is 8.74. The summed E-state index contributed by atoms with van der Waals surface area (Å²) < 4.78 is 31.4. The van der Waals surface area contributed by atoms with Crippen LogP contribution in [0.4, 0.5) is 0 Å². The maximum Gasteiger partial charge on any atom is 0.309 e. The summed E-state index contributed by atoms with van der Waals surface area (Å²) in [6.07, 6.45) is 1.22. The monoisotopic (exact) mass is 315 g/mol. The predicted octanol–water partition coefficient (Wildman–Crippen LogP) is 0.841. The topological polar surface area (TPSA) is 92.7 Å². The summed E-state index contributed by atoms with van der Waals surface area (Å²) in [5.74, 6) is -0.374. The maximum atomic E-state index is 12.1. The third kappa shape index (κ3) is 5.82. The van der Waals surface area contributed by atoms with Crippen LogP contribution in [0.3, 0.4) is 0 Å². The number of sulfonamides is 1. The SMILES string of the molecule is COC(=O)Cc1ccc(S(=O)(=O)NC(C)CCCO)cc1. The molecule has 21 heavy (non-hydrogen) atoms. The minimum Gasteiger partial charge on any atom is -0.469 e. The standard InChI is InChI=1S/C14H21NO5S/c1-11(4-3-9-16)15-21(18,19)13-7-5-12(6-8-13)10-14(17)20-2/h5-8,11,15-16H,3-4,9-10H2,1-2H3. The quantitative estimate of drug-likeness (QED) is 0.694. The third-order valence-electron chi connectivity index (χ3n) is 2.96. The summed E-state index contributed by atoms with van der Waals surface area (Å²) in [5.41, 5.74) is 0.689. The van der Waals surface area contributed by atoms with Gasteiger partial charge in [-0.3, -0.25) is 4.79 Å². The van der Waals surface area contributed by atoms with E-state index in [1.54, 1.807) is 19.1 Å². The number of aliphatic hydroxyl groups is 1. The van der Waals surface area contributed by atoms with E-state index in [2.05, 4.69) is 9.46 Å². The van der Waals surface area contributed by atoms with Crippen molar-refractivity contribution in [3.05, 3.63) is 29.8 Å². The smallest absolute Gasteiger partial charge is 0.309 e. The van der Waals surface area contributed by atoms with E-state index in [4.69, 9.17) is 5.11 Å². The van der Waals surface area contributed by atoms with Crippen LogP contribution in [-0.2, 0) is 26.0 Å². The number of hydrogen-bond acceptors (Lipinski definition) is 5. The van der Waals surface area contributed by atoms with Crippen LogP contribution in [-0.4, -0.2) is 39.3 Å². The largest absolute Gasteiger partial charge is 0.469 e. The number of carbonyl (C=O) groups excluding carboxylic acids is 1. The first-order valence-corrected chi connectivity index (χ1v) is 8.16. The predicted molar refractivity (Wildman–Crippen MR) is 78.3 cm³/mol. The molecule has 7 heteroatoms. The Morgan fingerprint density at radius 2 is 1.95 bits per heavy atom. The van der Waals surface area contributed by atoms with Crippen molar-refractivity contribution in [1.29, 1.82) is 0 Å². The molecule has 0 amide bonds. The normalized spacial score (nSPS) is 12.9. The van der Waals surface area contributed by atoms with Crippen molar-refractivity contribution in [3.8, 4) is 0 Å². The summed E-state index contributed by atoms with van der Waals surface area (Å²) in [4.78, 5) is 11.3. The van der Waals surface area contributed by atoms with Crippen molar-refractivity contribution in [2.24, 2.45) is 0 Å². The first-order valence-electron chi connectivity index (χ1n) is 6.68. The highest BCUT2D eigenvalue weighted by molar-refractivity contribution is 7.89. The molecule has 0 aliphatic heterocycles. The lowest BCUT2D eigenvalue weighted by Gasteiger charge is -2.13. The highest BCUT2D eigenvalue weighted by Gasteiger charge is 2.17. The Bertz CT molecular complexity index is 553. The van der Waals surface area contributed by atoms with Gasteiger partial charge in [-0.1, -0.05) is 12.1 Å². The summed E-state index contributed by atoms with van der Waals surface area (Å²) in [6.45, 7) is 1.78. The molecule has 1 unspecified atom stereocenters. The van der Waals surface area contributed by atoms with Crippen molar-refractivity contribution in [1.82, 2.24) is 4.72 Å². The molecule has 0 saturated heterocycles. The maximum absolute atomic E-state index is 12.1. The zero-order valence-corrected chi connectivity index (χ0v) is 13.0. The van der Waals surface area contributed by atoms with Crippen LogP contribution in [0, 0.1) is 0 Å². The van der Waals surface area contributed by atoms with Gasteiger partial charge in [-0.05, 0) is 37.5 Å². The zero-order chi connectivity index (χ0) is 15.9. The molecule has 0 aromatic heterocycles. The number of aliphatic hydroxyl groups excluding tert-OH is 1. The minimum atomic E-state index is -3.59. The zero-order valence-electron chi connectivity index (χ0n) is 12.2. The molecule has 0 fully saturated rings. The molecule has 1 aromatic rings. The number of hydrogen-bond donors (Lipinski definition) is 2. The van der Waals surface area contributed by atoms with Crippen LogP contribution in [0.1, 0.15) is 25.3 Å². The number of nitrogens with one attached hydrogen (secondary N) is 1. The first kappa shape index (κ1) is 17.6. The van der Waals surface area contributed by atoms with Gasteiger partial charge in [-0.15, -0.1) is 0 Å². The Balaban J connectivity index is 2.73. The van der Waals surface area contributed by atoms with Gasteiger partial charge in [0.05, 0.1) is 18.4 Å². The van der Waals surface area contributed by atoms with Crippen LogP contribution < -0.4 is 4.72 Å². The molecule has 2 N–H and O–H groups in total. The van der Waals surface area contributed by atoms with E-state index in [1.807, 2.05) is 0 Å². The van der Waals surface area contributed by atoms with E-state index in [9.17, 15) is 13.2 Å². The molecule has 6 nitrogen and oxygen atoms in total. The number of benzene rings is 1. The second-order valence-electron chi connectivity index (χ2n) is 4.79. The van der Waals surface area contributed by atoms with Gasteiger partial charge in [-0.25, -0.2) is 13.1 Å². The number of rotatable bonds is 8. The van der Waals surface area contributed by atoms with E-state index >= 15 is 0 Å². The Labute approximate surface area is 125 Å². The molecule has 0 aliphatic carbocycles. The third-order valence-corrected chi connectivity index (χ3v) is 4.57. The van der Waals surface area contributed by atoms with Gasteiger partial charge < -0.3 is 9.84 Å². The molecule has 1 atom stereocenters. The van der Waals surface area contributed by atoms with E-state index in [-0.39, 0.29) is 29.9 Å². The second kappa shape index (κ2) is 8.11. The summed E-state index contributed by atoms with van der Waals surface area (Å²) >= 11 is 0. The lowest BCUT2D eigenvalue weighted by Crippen LogP contribution is -2.32. The Hall–Kier alpha value is -1.44. The van der Waals surface area contributed by atoms with Crippen LogP contribution in [0.5, 0.6) is 0 Å². The molecule has 0 bridgehead atoms. The Morgan fingerprint density at radius 3 is 2.48 bits per heavy atom. The molecule has 0 heterocycles. The van der Waals surface area contributed by atoms with Gasteiger partial charge in [0.2, 0.25) is 10.0 Å². The molecule has 0 saturated carbocycles. The van der Waals surface area contributed by atoms with Crippen molar-refractivity contribution >= 4 is 16.0 Å². The van der Waals surface area contributed by atoms with Crippen molar-refractivity contribution in [2.75, 3.05) is 13.7 Å². The van der Waals surface area contributed by atoms with E-state index < -0.39 is 10.0 Å². The number of ether oxygens (including phenoxy) is 1. The lowest BCUT2D eigenvalue weighted by molar-refractivity contribution is -0.139. The molecule has 118 valence electrons. The molecular weight excluding hydrogens is 294 g/mol. The van der Waals surface area contributed by atoms with E-state index in [0.717, 1.165) is 0 Å². The lowest BCUT2D eigenvalue weighted by atomic mass is 10.2. The van der Waals surface area contributed by atoms with Crippen LogP contribution >= 0.6 is 0 Å². The fourth-order valence-electron chi connectivity index (χ4n) is 1.81. The second-order valence-corrected chi connectivity index (χ2v) is 6.50. The molecule has 0 aliphatic rings. The highest BCUT2D eigenvalue weighted by atomic mass is 32.2. The summed E-state index contributed by atoms with van der Waals surface area (Å²) in [6, 6.07) is 5.84. The first-order chi connectivity index (χ1) is 9.89. The number of carbonyl (C=O) groups is 1. The van der Waals surface area contributed by atoms with E-state index in [0.29, 0.717) is 18.4 Å². The molecule has 0 radical (unpaired) electrons. The molecule has 0 spiro atoms. The van der Waals surface area contributed by atoms with Gasteiger partial charge in [0.1, 0.15) is 0 Å². The number of methoxy groups -OCH3 is 1. The minimum absolute atomic E-state index is 0.0360. The van der Waals surface area contributed by atoms with Crippen LogP contribution in [0.2, 0.25) is 0 Å². The molecule has 1 aromatic carbocycles. The average molecular weight is 315 g/mol. The van der Waals surface area contributed by atoms with Gasteiger partial charge in [0.15, 0.2) is 0 Å². The van der Waals surface area contributed by atoms with Gasteiger partial charge >= 0.3 is 5.97 Å². The van der Waals surface area contributed by atoms with E-state index in [1.165, 1.54) is 19.2 Å². The van der Waals surface area contributed by atoms with Crippen molar-refractivity contribution < 1.29 is 23.1 Å². The number of esters is 1. The Kier molecular flexibility index (Phi) is 6.80. The highest BCUT2D eigenvalue weighted by Crippen LogP contribution is 2.12. The van der Waals surface area contributed by atoms with Gasteiger partial charge in [-0.2, -0.15) is 0 Å². The summed E-state index contributed by atoms with van der Waals surface area (Å²) in [7, 11) is -2.28. The van der Waals surface area contributed by atoms with Gasteiger partial charge in [0, 0.05) is 12.6 Å². The molecular formula is C14H21NO5S. The Morgan fingerprint density at radius 1 is 1.33 bits per heavy atom. The van der Waals surface area contributed by atoms with Crippen molar-refractivity contribution in [2.45, 2.75) is 37.1 Å². The fraction of sp³-hybridized carbons (Fsp3) is 0.500. The molecule has 1 rings (SSSR count). The van der Waals surface area contributed by atoms with Crippen molar-refractivity contribution in [3.63, 3.8) is 0 Å².